The Morgan fingerprint density at radius 2 is 2.10 bits per heavy atom. The summed E-state index contributed by atoms with van der Waals surface area (Å²) in [6.45, 7) is 2.51. The average Bonchev–Trinajstić information content (AvgIpc) is 3.22. The van der Waals surface area contributed by atoms with Crippen LogP contribution in [0.25, 0.3) is 10.2 Å². The summed E-state index contributed by atoms with van der Waals surface area (Å²) >= 11 is 1.61. The van der Waals surface area contributed by atoms with Crippen LogP contribution >= 0.6 is 23.7 Å². The highest BCUT2D eigenvalue weighted by atomic mass is 35.5. The molecule has 29 heavy (non-hydrogen) atoms. The van der Waals surface area contributed by atoms with Crippen LogP contribution in [-0.2, 0) is 4.79 Å². The minimum Gasteiger partial charge on any atom is -0.492 e. The van der Waals surface area contributed by atoms with E-state index in [1.165, 1.54) is 0 Å². The first-order chi connectivity index (χ1) is 13.7. The lowest BCUT2D eigenvalue weighted by Crippen LogP contribution is -2.41. The molecule has 1 aliphatic heterocycles. The molecule has 0 bridgehead atoms. The van der Waals surface area contributed by atoms with Gasteiger partial charge >= 0.3 is 0 Å². The van der Waals surface area contributed by atoms with Gasteiger partial charge in [-0.25, -0.2) is 9.97 Å². The lowest BCUT2D eigenvalue weighted by Gasteiger charge is -2.33. The summed E-state index contributed by atoms with van der Waals surface area (Å²) in [5, 5.41) is 6.11. The standard InChI is InChI=1S/C20H23N5O2S.ClH/c21-8-10-27-16-5-3-15(4-6-16)24-19(26)14-2-1-9-25(12-14)18-17-7-11-28-20(17)23-13-22-18;/h3-7,11,13-14H,1-2,8-10,12,21H2,(H,24,26);1H. The Hall–Kier alpha value is -2.42. The number of carbonyl (C=O) groups excluding carboxylic acids is 1. The molecule has 1 aliphatic rings. The molecule has 0 radical (unpaired) electrons. The fourth-order valence-corrected chi connectivity index (χ4v) is 4.20. The van der Waals surface area contributed by atoms with Crippen LogP contribution in [0.1, 0.15) is 12.8 Å². The fourth-order valence-electron chi connectivity index (χ4n) is 3.47. The number of anilines is 2. The van der Waals surface area contributed by atoms with E-state index in [-0.39, 0.29) is 24.2 Å². The van der Waals surface area contributed by atoms with E-state index >= 15 is 0 Å². The smallest absolute Gasteiger partial charge is 0.229 e. The maximum absolute atomic E-state index is 12.8. The molecule has 1 amide bonds. The Morgan fingerprint density at radius 3 is 2.90 bits per heavy atom. The molecule has 1 unspecified atom stereocenters. The zero-order valence-corrected chi connectivity index (χ0v) is 17.5. The molecule has 3 N–H and O–H groups in total. The second kappa shape index (κ2) is 9.87. The van der Waals surface area contributed by atoms with Crippen molar-refractivity contribution in [1.29, 1.82) is 0 Å². The molecular formula is C20H24ClN5O2S. The number of piperidine rings is 1. The summed E-state index contributed by atoms with van der Waals surface area (Å²) in [6, 6.07) is 9.43. The molecule has 0 spiro atoms. The normalized spacial score (nSPS) is 16.3. The van der Waals surface area contributed by atoms with Crippen LogP contribution in [0.4, 0.5) is 11.5 Å². The number of nitrogens with one attached hydrogen (secondary N) is 1. The third-order valence-electron chi connectivity index (χ3n) is 4.84. The molecule has 154 valence electrons. The Bertz CT molecular complexity index is 949. The number of thiophene rings is 1. The number of halogens is 1. The molecule has 2 aromatic heterocycles. The molecule has 1 saturated heterocycles. The lowest BCUT2D eigenvalue weighted by molar-refractivity contribution is -0.120. The number of nitrogens with two attached hydrogens (primary N) is 1. The van der Waals surface area contributed by atoms with Gasteiger partial charge in [0.2, 0.25) is 5.91 Å². The first-order valence-corrected chi connectivity index (χ1v) is 10.3. The number of ether oxygens (including phenoxy) is 1. The Morgan fingerprint density at radius 1 is 1.28 bits per heavy atom. The molecule has 1 atom stereocenters. The molecule has 1 fully saturated rings. The predicted octanol–water partition coefficient (Wildman–Crippen LogP) is 3.31. The second-order valence-corrected chi connectivity index (χ2v) is 7.67. The number of hydrogen-bond acceptors (Lipinski definition) is 7. The number of rotatable bonds is 6. The number of hydrogen-bond donors (Lipinski definition) is 2. The summed E-state index contributed by atoms with van der Waals surface area (Å²) < 4.78 is 5.47. The summed E-state index contributed by atoms with van der Waals surface area (Å²) in [4.78, 5) is 24.8. The Balaban J connectivity index is 0.00000240. The highest BCUT2D eigenvalue weighted by Crippen LogP contribution is 2.30. The van der Waals surface area contributed by atoms with Crippen LogP contribution in [-0.4, -0.2) is 42.1 Å². The minimum atomic E-state index is -0.0782. The monoisotopic (exact) mass is 433 g/mol. The van der Waals surface area contributed by atoms with Crippen molar-refractivity contribution in [1.82, 2.24) is 9.97 Å². The van der Waals surface area contributed by atoms with E-state index in [4.69, 9.17) is 10.5 Å². The van der Waals surface area contributed by atoms with Crippen LogP contribution in [0.15, 0.2) is 42.0 Å². The molecule has 3 aromatic rings. The van der Waals surface area contributed by atoms with Crippen LogP contribution in [0.3, 0.4) is 0 Å². The first-order valence-electron chi connectivity index (χ1n) is 9.41. The van der Waals surface area contributed by atoms with Crippen molar-refractivity contribution >= 4 is 51.4 Å². The van der Waals surface area contributed by atoms with Crippen molar-refractivity contribution < 1.29 is 9.53 Å². The average molecular weight is 434 g/mol. The highest BCUT2D eigenvalue weighted by Gasteiger charge is 2.27. The molecule has 4 rings (SSSR count). The van der Waals surface area contributed by atoms with Gasteiger partial charge in [0.15, 0.2) is 0 Å². The van der Waals surface area contributed by atoms with E-state index in [0.717, 1.165) is 46.9 Å². The maximum Gasteiger partial charge on any atom is 0.229 e. The van der Waals surface area contributed by atoms with Gasteiger partial charge in [-0.15, -0.1) is 23.7 Å². The molecule has 0 aliphatic carbocycles. The van der Waals surface area contributed by atoms with Crippen molar-refractivity contribution in [2.24, 2.45) is 11.7 Å². The minimum absolute atomic E-state index is 0. The highest BCUT2D eigenvalue weighted by molar-refractivity contribution is 7.16. The predicted molar refractivity (Wildman–Crippen MR) is 119 cm³/mol. The molecule has 3 heterocycles. The summed E-state index contributed by atoms with van der Waals surface area (Å²) in [7, 11) is 0. The summed E-state index contributed by atoms with van der Waals surface area (Å²) in [5.41, 5.74) is 6.21. The first kappa shape index (κ1) is 21.3. The van der Waals surface area contributed by atoms with Crippen molar-refractivity contribution in [2.45, 2.75) is 12.8 Å². The van der Waals surface area contributed by atoms with E-state index in [2.05, 4.69) is 20.2 Å². The lowest BCUT2D eigenvalue weighted by atomic mass is 9.97. The SMILES string of the molecule is Cl.NCCOc1ccc(NC(=O)C2CCCN(c3ncnc4sccc34)C2)cc1. The summed E-state index contributed by atoms with van der Waals surface area (Å²) in [5.74, 6) is 1.63. The van der Waals surface area contributed by atoms with E-state index in [1.807, 2.05) is 35.7 Å². The third-order valence-corrected chi connectivity index (χ3v) is 5.66. The van der Waals surface area contributed by atoms with Gasteiger partial charge in [-0.05, 0) is 48.6 Å². The summed E-state index contributed by atoms with van der Waals surface area (Å²) in [6.07, 6.45) is 3.43. The molecule has 1 aromatic carbocycles. The van der Waals surface area contributed by atoms with Crippen LogP contribution in [0.2, 0.25) is 0 Å². The topological polar surface area (TPSA) is 93.4 Å². The van der Waals surface area contributed by atoms with Gasteiger partial charge in [-0.1, -0.05) is 0 Å². The maximum atomic E-state index is 12.8. The largest absolute Gasteiger partial charge is 0.492 e. The van der Waals surface area contributed by atoms with Crippen molar-refractivity contribution in [3.8, 4) is 5.75 Å². The van der Waals surface area contributed by atoms with Crippen LogP contribution < -0.4 is 20.7 Å². The zero-order valence-electron chi connectivity index (χ0n) is 15.9. The van der Waals surface area contributed by atoms with Gasteiger partial charge in [0, 0.05) is 25.3 Å². The Kier molecular flexibility index (Phi) is 7.24. The van der Waals surface area contributed by atoms with Crippen LogP contribution in [0, 0.1) is 5.92 Å². The van der Waals surface area contributed by atoms with Gasteiger partial charge < -0.3 is 20.7 Å². The number of amides is 1. The van der Waals surface area contributed by atoms with Gasteiger partial charge in [0.25, 0.3) is 0 Å². The van der Waals surface area contributed by atoms with Gasteiger partial charge in [0.05, 0.1) is 11.3 Å². The van der Waals surface area contributed by atoms with Crippen molar-refractivity contribution in [3.63, 3.8) is 0 Å². The van der Waals surface area contributed by atoms with E-state index in [0.29, 0.717) is 19.7 Å². The van der Waals surface area contributed by atoms with Crippen molar-refractivity contribution in [2.75, 3.05) is 36.5 Å². The molecule has 0 saturated carbocycles. The van der Waals surface area contributed by atoms with Crippen LogP contribution in [0.5, 0.6) is 5.75 Å². The van der Waals surface area contributed by atoms with E-state index < -0.39 is 0 Å². The second-order valence-electron chi connectivity index (χ2n) is 6.77. The molecular weight excluding hydrogens is 410 g/mol. The third kappa shape index (κ3) is 4.95. The molecule has 9 heteroatoms. The number of carbonyl (C=O) groups is 1. The quantitative estimate of drug-likeness (QED) is 0.619. The van der Waals surface area contributed by atoms with E-state index in [9.17, 15) is 4.79 Å². The van der Waals surface area contributed by atoms with Crippen molar-refractivity contribution in [3.05, 3.63) is 42.0 Å². The van der Waals surface area contributed by atoms with Gasteiger partial charge in [-0.3, -0.25) is 4.79 Å². The van der Waals surface area contributed by atoms with Gasteiger partial charge in [-0.2, -0.15) is 0 Å². The number of benzene rings is 1. The Labute approximate surface area is 179 Å². The van der Waals surface area contributed by atoms with E-state index in [1.54, 1.807) is 17.7 Å². The number of fused-ring (bicyclic) bond motifs is 1. The fraction of sp³-hybridized carbons (Fsp3) is 0.350. The number of aromatic nitrogens is 2. The molecule has 7 nitrogen and oxygen atoms in total. The van der Waals surface area contributed by atoms with Gasteiger partial charge in [0.1, 0.15) is 29.3 Å². The zero-order chi connectivity index (χ0) is 19.3. The number of nitrogens with zero attached hydrogens (tertiary/aromatic N) is 3.